The van der Waals surface area contributed by atoms with Crippen molar-refractivity contribution in [3.63, 3.8) is 0 Å². The number of aliphatic hydroxyl groups is 4. The average Bonchev–Trinajstić information content (AvgIpc) is 3.28. The van der Waals surface area contributed by atoms with Gasteiger partial charge in [0.25, 0.3) is 0 Å². The van der Waals surface area contributed by atoms with Crippen molar-refractivity contribution in [3.05, 3.63) is 60.8 Å². The van der Waals surface area contributed by atoms with Crippen molar-refractivity contribution < 1.29 is 25.2 Å². The van der Waals surface area contributed by atoms with Crippen molar-refractivity contribution in [2.24, 2.45) is 0 Å². The van der Waals surface area contributed by atoms with Gasteiger partial charge in [0.2, 0.25) is 5.91 Å². The molecule has 0 fully saturated rings. The quantitative estimate of drug-likeness (QED) is 0.0309. The summed E-state index contributed by atoms with van der Waals surface area (Å²) in [5, 5.41) is 43.8. The van der Waals surface area contributed by atoms with E-state index >= 15 is 0 Å². The Morgan fingerprint density at radius 3 is 1.15 bits per heavy atom. The smallest absolute Gasteiger partial charge is 0.249 e. The molecule has 0 bridgehead atoms. The van der Waals surface area contributed by atoms with E-state index < -0.39 is 36.9 Å². The van der Waals surface area contributed by atoms with Crippen molar-refractivity contribution >= 4 is 5.91 Å². The molecule has 0 heterocycles. The standard InChI is InChI=1S/C56H103NO5/c1-3-5-7-9-11-13-15-17-19-21-22-23-24-25-26-27-28-29-30-31-32-33-34-36-38-40-42-44-46-48-50-54(60)56(62)57-52(51-58)55(61)53(59)49-47-45-43-41-39-37-35-20-18-16-14-12-10-8-6-4-2/h12,14,20,22-23,25-26,35,41,43,52-55,58-61H,3-11,13,15-19,21,24,27-34,36-40,42,44-51H2,1-2H3,(H,57,62)/b14-12+,23-22-,26-25-,35-20+,43-41+. The second kappa shape index (κ2) is 50.0. The van der Waals surface area contributed by atoms with Crippen molar-refractivity contribution in [2.75, 3.05) is 6.61 Å². The minimum atomic E-state index is -1.30. The lowest BCUT2D eigenvalue weighted by Gasteiger charge is -2.27. The fourth-order valence-corrected chi connectivity index (χ4v) is 7.94. The number of amides is 1. The predicted molar refractivity (Wildman–Crippen MR) is 270 cm³/mol. The molecule has 0 aliphatic heterocycles. The van der Waals surface area contributed by atoms with Gasteiger partial charge in [-0.15, -0.1) is 0 Å². The highest BCUT2D eigenvalue weighted by Gasteiger charge is 2.28. The summed E-state index contributed by atoms with van der Waals surface area (Å²) in [5.74, 6) is -0.600. The number of carbonyl (C=O) groups excluding carboxylic acids is 1. The summed E-state index contributed by atoms with van der Waals surface area (Å²) in [6.45, 7) is 4.01. The summed E-state index contributed by atoms with van der Waals surface area (Å²) in [5.41, 5.74) is 0. The van der Waals surface area contributed by atoms with E-state index in [0.29, 0.717) is 19.3 Å². The largest absolute Gasteiger partial charge is 0.394 e. The zero-order valence-corrected chi connectivity index (χ0v) is 40.9. The first kappa shape index (κ1) is 60.0. The summed E-state index contributed by atoms with van der Waals surface area (Å²) in [4.78, 5) is 12.6. The van der Waals surface area contributed by atoms with Crippen LogP contribution < -0.4 is 5.32 Å². The molecule has 0 saturated heterocycles. The predicted octanol–water partition coefficient (Wildman–Crippen LogP) is 15.2. The summed E-state index contributed by atoms with van der Waals surface area (Å²) < 4.78 is 0. The van der Waals surface area contributed by atoms with Crippen LogP contribution in [0.4, 0.5) is 0 Å². The highest BCUT2D eigenvalue weighted by atomic mass is 16.3. The second-order valence-electron chi connectivity index (χ2n) is 18.2. The molecule has 0 aliphatic rings. The molecule has 0 aromatic heterocycles. The first-order chi connectivity index (χ1) is 30.5. The lowest BCUT2D eigenvalue weighted by atomic mass is 10.00. The Hall–Kier alpha value is -1.99. The van der Waals surface area contributed by atoms with Gasteiger partial charge in [-0.05, 0) is 96.3 Å². The number of nitrogens with one attached hydrogen (secondary N) is 1. The number of hydrogen-bond donors (Lipinski definition) is 5. The number of hydrogen-bond acceptors (Lipinski definition) is 5. The third-order valence-corrected chi connectivity index (χ3v) is 12.2. The first-order valence-corrected chi connectivity index (χ1v) is 26.7. The lowest BCUT2D eigenvalue weighted by molar-refractivity contribution is -0.132. The van der Waals surface area contributed by atoms with Crippen LogP contribution in [0.5, 0.6) is 0 Å². The number of aliphatic hydroxyl groups excluding tert-OH is 4. The van der Waals surface area contributed by atoms with Gasteiger partial charge in [-0.2, -0.15) is 0 Å². The van der Waals surface area contributed by atoms with Gasteiger partial charge in [-0.1, -0.05) is 222 Å². The topological polar surface area (TPSA) is 110 Å². The minimum absolute atomic E-state index is 0.356. The molecular weight excluding hydrogens is 767 g/mol. The number of rotatable bonds is 48. The molecular formula is C56H103NO5. The highest BCUT2D eigenvalue weighted by Crippen LogP contribution is 2.16. The molecule has 5 N–H and O–H groups in total. The Kier molecular flexibility index (Phi) is 48.4. The monoisotopic (exact) mass is 870 g/mol. The number of carbonyl (C=O) groups is 1. The molecule has 0 radical (unpaired) electrons. The molecule has 362 valence electrons. The second-order valence-corrected chi connectivity index (χ2v) is 18.2. The average molecular weight is 870 g/mol. The van der Waals surface area contributed by atoms with Crippen LogP contribution in [0.3, 0.4) is 0 Å². The Balaban J connectivity index is 3.68. The van der Waals surface area contributed by atoms with Crippen LogP contribution in [-0.4, -0.2) is 57.3 Å². The van der Waals surface area contributed by atoms with Crippen LogP contribution in [0, 0.1) is 0 Å². The molecule has 6 heteroatoms. The Morgan fingerprint density at radius 1 is 0.403 bits per heavy atom. The first-order valence-electron chi connectivity index (χ1n) is 26.7. The third-order valence-electron chi connectivity index (χ3n) is 12.2. The van der Waals surface area contributed by atoms with Crippen molar-refractivity contribution in [3.8, 4) is 0 Å². The molecule has 0 aliphatic carbocycles. The van der Waals surface area contributed by atoms with Crippen LogP contribution >= 0.6 is 0 Å². The molecule has 4 atom stereocenters. The Bertz CT molecular complexity index is 1070. The van der Waals surface area contributed by atoms with Gasteiger partial charge in [0, 0.05) is 0 Å². The van der Waals surface area contributed by atoms with E-state index in [0.717, 1.165) is 57.8 Å². The fraction of sp³-hybridized carbons (Fsp3) is 0.804. The van der Waals surface area contributed by atoms with Crippen molar-refractivity contribution in [1.29, 1.82) is 0 Å². The molecule has 4 unspecified atom stereocenters. The van der Waals surface area contributed by atoms with Crippen LogP contribution in [-0.2, 0) is 4.79 Å². The van der Waals surface area contributed by atoms with E-state index in [1.165, 1.54) is 167 Å². The Morgan fingerprint density at radius 2 is 0.726 bits per heavy atom. The normalized spacial score (nSPS) is 14.4. The molecule has 0 spiro atoms. The van der Waals surface area contributed by atoms with Crippen LogP contribution in [0.15, 0.2) is 60.8 Å². The molecule has 1 amide bonds. The van der Waals surface area contributed by atoms with Gasteiger partial charge in [-0.25, -0.2) is 0 Å². The molecule has 0 aromatic rings. The fourth-order valence-electron chi connectivity index (χ4n) is 7.94. The molecule has 0 saturated carbocycles. The highest BCUT2D eigenvalue weighted by molar-refractivity contribution is 5.80. The molecule has 62 heavy (non-hydrogen) atoms. The van der Waals surface area contributed by atoms with Gasteiger partial charge < -0.3 is 25.7 Å². The summed E-state index contributed by atoms with van der Waals surface area (Å²) >= 11 is 0. The van der Waals surface area contributed by atoms with Crippen LogP contribution in [0.25, 0.3) is 0 Å². The lowest BCUT2D eigenvalue weighted by Crippen LogP contribution is -2.53. The maximum atomic E-state index is 12.6. The summed E-state index contributed by atoms with van der Waals surface area (Å²) in [7, 11) is 0. The third kappa shape index (κ3) is 43.3. The van der Waals surface area contributed by atoms with Gasteiger partial charge in [0.1, 0.15) is 12.2 Å². The van der Waals surface area contributed by atoms with E-state index in [1.807, 2.05) is 0 Å². The maximum Gasteiger partial charge on any atom is 0.249 e. The van der Waals surface area contributed by atoms with Crippen LogP contribution in [0.2, 0.25) is 0 Å². The minimum Gasteiger partial charge on any atom is -0.394 e. The summed E-state index contributed by atoms with van der Waals surface area (Å²) in [6.07, 6.45) is 64.2. The zero-order chi connectivity index (χ0) is 45.2. The van der Waals surface area contributed by atoms with E-state index in [1.54, 1.807) is 0 Å². The van der Waals surface area contributed by atoms with Gasteiger partial charge >= 0.3 is 0 Å². The molecule has 0 rings (SSSR count). The van der Waals surface area contributed by atoms with E-state index in [9.17, 15) is 25.2 Å². The van der Waals surface area contributed by atoms with E-state index in [2.05, 4.69) is 79.9 Å². The SMILES string of the molecule is CCCCC/C=C/CC/C=C/CC/C=C/CCCC(O)C(O)C(CO)NC(=O)C(O)CCCCCCCCCCCCCCCC/C=C\C/C=C\CCCCCCCCCCC. The number of unbranched alkanes of at least 4 members (excludes halogenated alkanes) is 29. The van der Waals surface area contributed by atoms with E-state index in [-0.39, 0.29) is 0 Å². The van der Waals surface area contributed by atoms with Crippen LogP contribution in [0.1, 0.15) is 258 Å². The Labute approximate surface area is 384 Å². The summed E-state index contributed by atoms with van der Waals surface area (Å²) in [6, 6.07) is -1.01. The van der Waals surface area contributed by atoms with E-state index in [4.69, 9.17) is 0 Å². The molecule has 0 aromatic carbocycles. The molecule has 6 nitrogen and oxygen atoms in total. The van der Waals surface area contributed by atoms with Crippen molar-refractivity contribution in [1.82, 2.24) is 5.32 Å². The van der Waals surface area contributed by atoms with Gasteiger partial charge in [-0.3, -0.25) is 4.79 Å². The van der Waals surface area contributed by atoms with Gasteiger partial charge in [0.15, 0.2) is 0 Å². The maximum absolute atomic E-state index is 12.6. The number of allylic oxidation sites excluding steroid dienone is 10. The zero-order valence-electron chi connectivity index (χ0n) is 40.9. The van der Waals surface area contributed by atoms with Crippen molar-refractivity contribution in [2.45, 2.75) is 282 Å². The van der Waals surface area contributed by atoms with Gasteiger partial charge in [0.05, 0.1) is 18.8 Å².